The van der Waals surface area contributed by atoms with Crippen molar-refractivity contribution in [3.05, 3.63) is 35.4 Å². The van der Waals surface area contributed by atoms with Crippen molar-refractivity contribution in [1.29, 1.82) is 0 Å². The molecule has 3 heteroatoms. The number of nitrogens with one attached hydrogen (secondary N) is 1. The molecular formula is C16H23F2N. The molecule has 1 aliphatic rings. The summed E-state index contributed by atoms with van der Waals surface area (Å²) in [7, 11) is 0. The van der Waals surface area contributed by atoms with Crippen molar-refractivity contribution in [2.75, 3.05) is 0 Å². The van der Waals surface area contributed by atoms with Crippen LogP contribution in [0.15, 0.2) is 24.3 Å². The van der Waals surface area contributed by atoms with Crippen molar-refractivity contribution in [2.45, 2.75) is 58.0 Å². The van der Waals surface area contributed by atoms with Crippen LogP contribution in [-0.4, -0.2) is 6.04 Å². The van der Waals surface area contributed by atoms with Gasteiger partial charge in [-0.25, -0.2) is 8.78 Å². The molecule has 1 saturated carbocycles. The van der Waals surface area contributed by atoms with Gasteiger partial charge in [0.1, 0.15) is 0 Å². The molecule has 2 unspecified atom stereocenters. The summed E-state index contributed by atoms with van der Waals surface area (Å²) in [4.78, 5) is 0. The maximum atomic E-state index is 12.4. The largest absolute Gasteiger partial charge is 0.310 e. The first-order chi connectivity index (χ1) is 9.19. The third kappa shape index (κ3) is 4.27. The zero-order valence-corrected chi connectivity index (χ0v) is 11.5. The van der Waals surface area contributed by atoms with E-state index in [0.29, 0.717) is 6.04 Å². The molecule has 0 heterocycles. The van der Waals surface area contributed by atoms with Crippen molar-refractivity contribution < 1.29 is 8.78 Å². The average molecular weight is 267 g/mol. The Bertz CT molecular complexity index is 375. The summed E-state index contributed by atoms with van der Waals surface area (Å²) >= 11 is 0. The molecule has 0 bridgehead atoms. The predicted molar refractivity (Wildman–Crippen MR) is 74.3 cm³/mol. The van der Waals surface area contributed by atoms with Crippen LogP contribution in [0.25, 0.3) is 0 Å². The van der Waals surface area contributed by atoms with Gasteiger partial charge < -0.3 is 5.32 Å². The molecule has 0 spiro atoms. The van der Waals surface area contributed by atoms with Crippen molar-refractivity contribution in [3.8, 4) is 0 Å². The molecule has 2 rings (SSSR count). The summed E-state index contributed by atoms with van der Waals surface area (Å²) in [5.74, 6) is 0.854. The van der Waals surface area contributed by atoms with Gasteiger partial charge in [0.05, 0.1) is 0 Å². The van der Waals surface area contributed by atoms with Crippen LogP contribution in [0.4, 0.5) is 8.78 Å². The minimum absolute atomic E-state index is 0.104. The Morgan fingerprint density at radius 3 is 2.58 bits per heavy atom. The number of hydrogen-bond acceptors (Lipinski definition) is 1. The van der Waals surface area contributed by atoms with E-state index in [0.717, 1.165) is 18.0 Å². The van der Waals surface area contributed by atoms with E-state index in [9.17, 15) is 8.78 Å². The maximum absolute atomic E-state index is 12.4. The first-order valence-corrected chi connectivity index (χ1v) is 7.29. The number of benzene rings is 1. The molecule has 0 amide bonds. The minimum Gasteiger partial charge on any atom is -0.310 e. The Morgan fingerprint density at radius 2 is 1.95 bits per heavy atom. The van der Waals surface area contributed by atoms with Crippen LogP contribution < -0.4 is 5.32 Å². The second-order valence-corrected chi connectivity index (χ2v) is 5.56. The van der Waals surface area contributed by atoms with Gasteiger partial charge >= 0.3 is 0 Å². The lowest BCUT2D eigenvalue weighted by Crippen LogP contribution is -2.33. The second kappa shape index (κ2) is 6.99. The standard InChI is InChI=1S/C16H23F2N/c1-2-12-4-3-5-15(10-12)19-11-13-6-8-14(9-7-13)16(17)18/h6-9,12,15-16,19H,2-5,10-11H2,1H3. The predicted octanol–water partition coefficient (Wildman–Crippen LogP) is 4.68. The van der Waals surface area contributed by atoms with Crippen LogP contribution in [0, 0.1) is 5.92 Å². The molecule has 1 nitrogen and oxygen atoms in total. The van der Waals surface area contributed by atoms with Crippen LogP contribution in [0.2, 0.25) is 0 Å². The highest BCUT2D eigenvalue weighted by Gasteiger charge is 2.20. The van der Waals surface area contributed by atoms with E-state index in [1.165, 1.54) is 44.2 Å². The molecule has 1 aromatic carbocycles. The molecule has 106 valence electrons. The Labute approximate surface area is 114 Å². The normalized spacial score (nSPS) is 23.8. The van der Waals surface area contributed by atoms with E-state index in [1.807, 2.05) is 0 Å². The summed E-state index contributed by atoms with van der Waals surface area (Å²) in [6, 6.07) is 7.24. The molecule has 2 atom stereocenters. The van der Waals surface area contributed by atoms with Gasteiger partial charge in [-0.2, -0.15) is 0 Å². The number of hydrogen-bond donors (Lipinski definition) is 1. The Hall–Kier alpha value is -0.960. The topological polar surface area (TPSA) is 12.0 Å². The third-order valence-electron chi connectivity index (χ3n) is 4.19. The van der Waals surface area contributed by atoms with Crippen molar-refractivity contribution in [1.82, 2.24) is 5.32 Å². The van der Waals surface area contributed by atoms with Gasteiger partial charge in [0, 0.05) is 18.2 Å². The Balaban J connectivity index is 1.81. The van der Waals surface area contributed by atoms with E-state index >= 15 is 0 Å². The fourth-order valence-electron chi connectivity index (χ4n) is 2.89. The SMILES string of the molecule is CCC1CCCC(NCc2ccc(C(F)F)cc2)C1. The van der Waals surface area contributed by atoms with Gasteiger partial charge in [0.2, 0.25) is 0 Å². The Morgan fingerprint density at radius 1 is 1.21 bits per heavy atom. The number of rotatable bonds is 5. The summed E-state index contributed by atoms with van der Waals surface area (Å²) in [6.45, 7) is 3.04. The monoisotopic (exact) mass is 267 g/mol. The lowest BCUT2D eigenvalue weighted by molar-refractivity contribution is 0.151. The van der Waals surface area contributed by atoms with E-state index in [-0.39, 0.29) is 5.56 Å². The van der Waals surface area contributed by atoms with Gasteiger partial charge in [0.15, 0.2) is 0 Å². The molecule has 1 aliphatic carbocycles. The van der Waals surface area contributed by atoms with Crippen LogP contribution in [0.1, 0.15) is 56.6 Å². The molecular weight excluding hydrogens is 244 g/mol. The van der Waals surface area contributed by atoms with Gasteiger partial charge in [-0.15, -0.1) is 0 Å². The van der Waals surface area contributed by atoms with Gasteiger partial charge in [0.25, 0.3) is 6.43 Å². The van der Waals surface area contributed by atoms with Crippen LogP contribution in [0.3, 0.4) is 0 Å². The van der Waals surface area contributed by atoms with Crippen molar-refractivity contribution >= 4 is 0 Å². The van der Waals surface area contributed by atoms with Gasteiger partial charge in [-0.05, 0) is 24.3 Å². The molecule has 19 heavy (non-hydrogen) atoms. The smallest absolute Gasteiger partial charge is 0.263 e. The first-order valence-electron chi connectivity index (χ1n) is 7.29. The number of alkyl halides is 2. The summed E-state index contributed by atoms with van der Waals surface area (Å²) in [6.07, 6.45) is 4.06. The van der Waals surface area contributed by atoms with Crippen LogP contribution in [0.5, 0.6) is 0 Å². The quantitative estimate of drug-likeness (QED) is 0.816. The average Bonchev–Trinajstić information content (AvgIpc) is 2.46. The molecule has 0 aromatic heterocycles. The third-order valence-corrected chi connectivity index (χ3v) is 4.19. The summed E-state index contributed by atoms with van der Waals surface area (Å²) < 4.78 is 24.9. The highest BCUT2D eigenvalue weighted by Crippen LogP contribution is 2.26. The Kier molecular flexibility index (Phi) is 5.32. The second-order valence-electron chi connectivity index (χ2n) is 5.56. The lowest BCUT2D eigenvalue weighted by Gasteiger charge is -2.29. The van der Waals surface area contributed by atoms with E-state index in [2.05, 4.69) is 12.2 Å². The van der Waals surface area contributed by atoms with Crippen molar-refractivity contribution in [2.24, 2.45) is 5.92 Å². The van der Waals surface area contributed by atoms with E-state index in [4.69, 9.17) is 0 Å². The lowest BCUT2D eigenvalue weighted by atomic mass is 9.84. The van der Waals surface area contributed by atoms with Crippen molar-refractivity contribution in [3.63, 3.8) is 0 Å². The molecule has 0 radical (unpaired) electrons. The molecule has 1 aromatic rings. The number of halogens is 2. The zero-order chi connectivity index (χ0) is 13.7. The molecule has 1 fully saturated rings. The molecule has 1 N–H and O–H groups in total. The fraction of sp³-hybridized carbons (Fsp3) is 0.625. The zero-order valence-electron chi connectivity index (χ0n) is 11.5. The highest BCUT2D eigenvalue weighted by molar-refractivity contribution is 5.23. The molecule has 0 aliphatic heterocycles. The first kappa shape index (κ1) is 14.4. The summed E-state index contributed by atoms with van der Waals surface area (Å²) in [5, 5.41) is 3.56. The maximum Gasteiger partial charge on any atom is 0.263 e. The fourth-order valence-corrected chi connectivity index (χ4v) is 2.89. The minimum atomic E-state index is -2.37. The summed E-state index contributed by atoms with van der Waals surface area (Å²) in [5.41, 5.74) is 1.19. The van der Waals surface area contributed by atoms with E-state index < -0.39 is 6.43 Å². The van der Waals surface area contributed by atoms with Gasteiger partial charge in [-0.3, -0.25) is 0 Å². The van der Waals surface area contributed by atoms with Gasteiger partial charge in [-0.1, -0.05) is 50.5 Å². The van der Waals surface area contributed by atoms with E-state index in [1.54, 1.807) is 12.1 Å². The molecule has 0 saturated heterocycles. The van der Waals surface area contributed by atoms with Crippen LogP contribution in [-0.2, 0) is 6.54 Å². The van der Waals surface area contributed by atoms with Crippen LogP contribution >= 0.6 is 0 Å². The highest BCUT2D eigenvalue weighted by atomic mass is 19.3.